The lowest BCUT2D eigenvalue weighted by atomic mass is 10.1. The van der Waals surface area contributed by atoms with Gasteiger partial charge in [-0.3, -0.25) is 4.79 Å². The SMILES string of the molecule is CC(CNC(=O)CCOC1CCNCC1)CN1CCCC1. The number of carbonyl (C=O) groups is 1. The molecule has 1 unspecified atom stereocenters. The molecule has 2 rings (SSSR count). The number of rotatable bonds is 8. The van der Waals surface area contributed by atoms with Crippen LogP contribution in [0.5, 0.6) is 0 Å². The zero-order valence-corrected chi connectivity index (χ0v) is 13.4. The van der Waals surface area contributed by atoms with Gasteiger partial charge in [-0.25, -0.2) is 0 Å². The second-order valence-corrected chi connectivity index (χ2v) is 6.49. The average Bonchev–Trinajstić information content (AvgIpc) is 2.99. The number of nitrogens with one attached hydrogen (secondary N) is 2. The molecule has 0 aliphatic carbocycles. The fourth-order valence-corrected chi connectivity index (χ4v) is 3.13. The topological polar surface area (TPSA) is 53.6 Å². The van der Waals surface area contributed by atoms with Crippen LogP contribution in [0.15, 0.2) is 0 Å². The minimum Gasteiger partial charge on any atom is -0.378 e. The van der Waals surface area contributed by atoms with Crippen LogP contribution in [0, 0.1) is 5.92 Å². The summed E-state index contributed by atoms with van der Waals surface area (Å²) in [5.41, 5.74) is 0. The van der Waals surface area contributed by atoms with E-state index in [4.69, 9.17) is 4.74 Å². The highest BCUT2D eigenvalue weighted by molar-refractivity contribution is 5.75. The first kappa shape index (κ1) is 16.7. The van der Waals surface area contributed by atoms with Gasteiger partial charge in [0.25, 0.3) is 0 Å². The summed E-state index contributed by atoms with van der Waals surface area (Å²) in [4.78, 5) is 14.3. The van der Waals surface area contributed by atoms with Gasteiger partial charge in [-0.2, -0.15) is 0 Å². The van der Waals surface area contributed by atoms with Crippen LogP contribution in [0.2, 0.25) is 0 Å². The summed E-state index contributed by atoms with van der Waals surface area (Å²) >= 11 is 0. The van der Waals surface area contributed by atoms with Crippen LogP contribution < -0.4 is 10.6 Å². The number of hydrogen-bond donors (Lipinski definition) is 2. The molecule has 2 heterocycles. The second kappa shape index (κ2) is 9.38. The Morgan fingerprint density at radius 2 is 2.05 bits per heavy atom. The van der Waals surface area contributed by atoms with Gasteiger partial charge in [-0.15, -0.1) is 0 Å². The first-order valence-electron chi connectivity index (χ1n) is 8.55. The molecule has 0 saturated carbocycles. The second-order valence-electron chi connectivity index (χ2n) is 6.49. The van der Waals surface area contributed by atoms with Crippen molar-refractivity contribution in [2.24, 2.45) is 5.92 Å². The van der Waals surface area contributed by atoms with E-state index < -0.39 is 0 Å². The van der Waals surface area contributed by atoms with Crippen molar-refractivity contribution in [2.45, 2.75) is 45.1 Å². The van der Waals surface area contributed by atoms with Crippen LogP contribution in [-0.4, -0.2) is 62.8 Å². The maximum atomic E-state index is 11.8. The summed E-state index contributed by atoms with van der Waals surface area (Å²) in [6, 6.07) is 0. The summed E-state index contributed by atoms with van der Waals surface area (Å²) in [6.45, 7) is 9.16. The molecule has 0 aromatic rings. The summed E-state index contributed by atoms with van der Waals surface area (Å²) in [5.74, 6) is 0.648. The van der Waals surface area contributed by atoms with Crippen molar-refractivity contribution < 1.29 is 9.53 Å². The van der Waals surface area contributed by atoms with Gasteiger partial charge in [-0.1, -0.05) is 6.92 Å². The van der Waals surface area contributed by atoms with Gasteiger partial charge < -0.3 is 20.3 Å². The molecule has 2 N–H and O–H groups in total. The standard InChI is InChI=1S/C16H31N3O2/c1-14(13-19-9-2-3-10-19)12-18-16(20)6-11-21-15-4-7-17-8-5-15/h14-15,17H,2-13H2,1H3,(H,18,20). The fraction of sp³-hybridized carbons (Fsp3) is 0.938. The van der Waals surface area contributed by atoms with Gasteiger partial charge in [0.05, 0.1) is 12.7 Å². The van der Waals surface area contributed by atoms with Gasteiger partial charge in [0, 0.05) is 19.5 Å². The van der Waals surface area contributed by atoms with E-state index in [2.05, 4.69) is 22.5 Å². The molecule has 5 nitrogen and oxygen atoms in total. The Kier molecular flexibility index (Phi) is 7.47. The summed E-state index contributed by atoms with van der Waals surface area (Å²) in [6.07, 6.45) is 5.61. The van der Waals surface area contributed by atoms with Crippen LogP contribution in [0.25, 0.3) is 0 Å². The highest BCUT2D eigenvalue weighted by Crippen LogP contribution is 2.10. The lowest BCUT2D eigenvalue weighted by Gasteiger charge is -2.23. The lowest BCUT2D eigenvalue weighted by Crippen LogP contribution is -2.35. The van der Waals surface area contributed by atoms with Crippen molar-refractivity contribution in [1.82, 2.24) is 15.5 Å². The molecular formula is C16H31N3O2. The molecule has 0 bridgehead atoms. The number of piperidine rings is 1. The lowest BCUT2D eigenvalue weighted by molar-refractivity contribution is -0.122. The fourth-order valence-electron chi connectivity index (χ4n) is 3.13. The third kappa shape index (κ3) is 6.76. The van der Waals surface area contributed by atoms with E-state index >= 15 is 0 Å². The van der Waals surface area contributed by atoms with Crippen molar-refractivity contribution in [2.75, 3.05) is 45.9 Å². The molecule has 2 aliphatic rings. The minimum absolute atomic E-state index is 0.122. The Balaban J connectivity index is 1.48. The monoisotopic (exact) mass is 297 g/mol. The summed E-state index contributed by atoms with van der Waals surface area (Å²) < 4.78 is 5.76. The van der Waals surface area contributed by atoms with E-state index in [9.17, 15) is 4.79 Å². The third-order valence-corrected chi connectivity index (χ3v) is 4.39. The van der Waals surface area contributed by atoms with E-state index in [1.165, 1.54) is 25.9 Å². The van der Waals surface area contributed by atoms with Crippen LogP contribution in [0.1, 0.15) is 39.0 Å². The van der Waals surface area contributed by atoms with Crippen molar-refractivity contribution in [3.63, 3.8) is 0 Å². The number of ether oxygens (including phenoxy) is 1. The maximum Gasteiger partial charge on any atom is 0.222 e. The quantitative estimate of drug-likeness (QED) is 0.702. The number of nitrogens with zero attached hydrogens (tertiary/aromatic N) is 1. The number of carbonyl (C=O) groups excluding carboxylic acids is 1. The van der Waals surface area contributed by atoms with Crippen LogP contribution in [0.4, 0.5) is 0 Å². The van der Waals surface area contributed by atoms with E-state index in [-0.39, 0.29) is 5.91 Å². The largest absolute Gasteiger partial charge is 0.378 e. The van der Waals surface area contributed by atoms with E-state index in [0.717, 1.165) is 39.0 Å². The predicted molar refractivity (Wildman–Crippen MR) is 84.3 cm³/mol. The Morgan fingerprint density at radius 3 is 2.76 bits per heavy atom. The highest BCUT2D eigenvalue weighted by Gasteiger charge is 2.16. The third-order valence-electron chi connectivity index (χ3n) is 4.39. The first-order valence-corrected chi connectivity index (χ1v) is 8.55. The van der Waals surface area contributed by atoms with Crippen LogP contribution in [-0.2, 0) is 9.53 Å². The molecule has 2 aliphatic heterocycles. The zero-order chi connectivity index (χ0) is 14.9. The first-order chi connectivity index (χ1) is 10.2. The zero-order valence-electron chi connectivity index (χ0n) is 13.4. The van der Waals surface area contributed by atoms with Gasteiger partial charge in [0.15, 0.2) is 0 Å². The molecule has 5 heteroatoms. The minimum atomic E-state index is 0.122. The molecule has 0 spiro atoms. The molecule has 122 valence electrons. The van der Waals surface area contributed by atoms with Gasteiger partial charge in [0.2, 0.25) is 5.91 Å². The highest BCUT2D eigenvalue weighted by atomic mass is 16.5. The number of amides is 1. The van der Waals surface area contributed by atoms with E-state index in [1.807, 2.05) is 0 Å². The van der Waals surface area contributed by atoms with Crippen LogP contribution in [0.3, 0.4) is 0 Å². The molecular weight excluding hydrogens is 266 g/mol. The van der Waals surface area contributed by atoms with Crippen LogP contribution >= 0.6 is 0 Å². The van der Waals surface area contributed by atoms with Crippen molar-refractivity contribution >= 4 is 5.91 Å². The molecule has 0 radical (unpaired) electrons. The Morgan fingerprint density at radius 1 is 1.33 bits per heavy atom. The van der Waals surface area contributed by atoms with Gasteiger partial charge in [0.1, 0.15) is 0 Å². The molecule has 0 aromatic heterocycles. The Hall–Kier alpha value is -0.650. The normalized spacial score (nSPS) is 22.3. The smallest absolute Gasteiger partial charge is 0.222 e. The van der Waals surface area contributed by atoms with Gasteiger partial charge in [-0.05, 0) is 57.8 Å². The molecule has 1 amide bonds. The van der Waals surface area contributed by atoms with Crippen molar-refractivity contribution in [1.29, 1.82) is 0 Å². The van der Waals surface area contributed by atoms with Gasteiger partial charge >= 0.3 is 0 Å². The number of hydrogen-bond acceptors (Lipinski definition) is 4. The molecule has 1 atom stereocenters. The van der Waals surface area contributed by atoms with E-state index in [0.29, 0.717) is 25.0 Å². The maximum absolute atomic E-state index is 11.8. The molecule has 2 saturated heterocycles. The predicted octanol–water partition coefficient (Wildman–Crippen LogP) is 0.993. The molecule has 21 heavy (non-hydrogen) atoms. The molecule has 2 fully saturated rings. The Bertz CT molecular complexity index is 300. The average molecular weight is 297 g/mol. The summed E-state index contributed by atoms with van der Waals surface area (Å²) in [7, 11) is 0. The van der Waals surface area contributed by atoms with Crippen molar-refractivity contribution in [3.05, 3.63) is 0 Å². The number of likely N-dealkylation sites (tertiary alicyclic amines) is 1. The Labute approximate surface area is 128 Å². The van der Waals surface area contributed by atoms with Crippen molar-refractivity contribution in [3.8, 4) is 0 Å². The van der Waals surface area contributed by atoms with E-state index in [1.54, 1.807) is 0 Å². The summed E-state index contributed by atoms with van der Waals surface area (Å²) in [5, 5.41) is 6.35. The molecule has 0 aromatic carbocycles.